The summed E-state index contributed by atoms with van der Waals surface area (Å²) in [7, 11) is 2.00. The molecule has 5 heteroatoms. The van der Waals surface area contributed by atoms with Gasteiger partial charge in [0.2, 0.25) is 0 Å². The number of hydrogen-bond donors (Lipinski definition) is 0. The lowest BCUT2D eigenvalue weighted by atomic mass is 10.1. The summed E-state index contributed by atoms with van der Waals surface area (Å²) in [6, 6.07) is 15.1. The summed E-state index contributed by atoms with van der Waals surface area (Å²) < 4.78 is 16.0. The maximum atomic E-state index is 14.0. The Morgan fingerprint density at radius 3 is 2.54 bits per heavy atom. The highest BCUT2D eigenvalue weighted by Crippen LogP contribution is 2.20. The summed E-state index contributed by atoms with van der Waals surface area (Å²) in [6.07, 6.45) is 3.42. The van der Waals surface area contributed by atoms with Gasteiger partial charge in [-0.25, -0.2) is 19.3 Å². The lowest BCUT2D eigenvalue weighted by Crippen LogP contribution is -2.05. The van der Waals surface area contributed by atoms with Crippen LogP contribution in [0.3, 0.4) is 0 Å². The van der Waals surface area contributed by atoms with Crippen LogP contribution in [0, 0.1) is 12.7 Å². The Morgan fingerprint density at radius 1 is 0.923 bits per heavy atom. The van der Waals surface area contributed by atoms with E-state index in [4.69, 9.17) is 4.98 Å². The minimum absolute atomic E-state index is 0.275. The summed E-state index contributed by atoms with van der Waals surface area (Å²) in [6.45, 7) is 1.82. The summed E-state index contributed by atoms with van der Waals surface area (Å²) in [5, 5.41) is 0.500. The fourth-order valence-electron chi connectivity index (χ4n) is 3.20. The maximum absolute atomic E-state index is 14.0. The average Bonchev–Trinajstić information content (AvgIpc) is 3.01. The monoisotopic (exact) mass is 346 g/mol. The normalized spacial score (nSPS) is 11.2. The van der Waals surface area contributed by atoms with E-state index in [9.17, 15) is 4.39 Å². The van der Waals surface area contributed by atoms with E-state index in [1.165, 1.54) is 6.07 Å². The highest BCUT2D eigenvalue weighted by Gasteiger charge is 2.11. The molecule has 26 heavy (non-hydrogen) atoms. The standard InChI is InChI=1S/C21H19FN4/c1-14-21-16(22)9-6-10-17(21)24-19(23-14)11-12-20-25-18(13-26(20)2)15-7-4-3-5-8-15/h3-10,13H,11-12H2,1-2H3. The average molecular weight is 346 g/mol. The van der Waals surface area contributed by atoms with E-state index in [-0.39, 0.29) is 5.82 Å². The number of aryl methyl sites for hydroxylation is 4. The van der Waals surface area contributed by atoms with Crippen LogP contribution >= 0.6 is 0 Å². The van der Waals surface area contributed by atoms with Crippen molar-refractivity contribution in [2.24, 2.45) is 7.05 Å². The molecular weight excluding hydrogens is 327 g/mol. The van der Waals surface area contributed by atoms with Crippen molar-refractivity contribution >= 4 is 10.9 Å². The summed E-state index contributed by atoms with van der Waals surface area (Å²) in [5.74, 6) is 1.41. The minimum Gasteiger partial charge on any atom is -0.337 e. The lowest BCUT2D eigenvalue weighted by Gasteiger charge is -2.06. The highest BCUT2D eigenvalue weighted by molar-refractivity contribution is 5.81. The molecule has 0 saturated carbocycles. The van der Waals surface area contributed by atoms with Gasteiger partial charge in [-0.05, 0) is 19.1 Å². The van der Waals surface area contributed by atoms with Crippen LogP contribution in [-0.4, -0.2) is 19.5 Å². The van der Waals surface area contributed by atoms with Crippen molar-refractivity contribution in [1.82, 2.24) is 19.5 Å². The Labute approximate surface area is 151 Å². The number of rotatable bonds is 4. The zero-order chi connectivity index (χ0) is 18.1. The van der Waals surface area contributed by atoms with Gasteiger partial charge >= 0.3 is 0 Å². The number of hydrogen-bond acceptors (Lipinski definition) is 3. The summed E-state index contributed by atoms with van der Waals surface area (Å²) in [4.78, 5) is 13.7. The van der Waals surface area contributed by atoms with Crippen molar-refractivity contribution in [2.75, 3.05) is 0 Å². The van der Waals surface area contributed by atoms with Crippen molar-refractivity contribution in [3.63, 3.8) is 0 Å². The molecule has 0 unspecified atom stereocenters. The van der Waals surface area contributed by atoms with Crippen LogP contribution in [0.1, 0.15) is 17.3 Å². The molecule has 130 valence electrons. The molecule has 0 bridgehead atoms. The smallest absolute Gasteiger partial charge is 0.134 e. The molecule has 4 rings (SSSR count). The molecule has 0 saturated heterocycles. The number of halogens is 1. The van der Waals surface area contributed by atoms with Gasteiger partial charge in [-0.1, -0.05) is 36.4 Å². The van der Waals surface area contributed by atoms with Crippen LogP contribution in [0.25, 0.3) is 22.2 Å². The van der Waals surface area contributed by atoms with E-state index in [0.29, 0.717) is 28.8 Å². The van der Waals surface area contributed by atoms with Crippen molar-refractivity contribution in [1.29, 1.82) is 0 Å². The quantitative estimate of drug-likeness (QED) is 0.554. The van der Waals surface area contributed by atoms with Crippen LogP contribution in [-0.2, 0) is 19.9 Å². The van der Waals surface area contributed by atoms with Gasteiger partial charge in [0.1, 0.15) is 17.5 Å². The third kappa shape index (κ3) is 3.08. The first-order chi connectivity index (χ1) is 12.6. The largest absolute Gasteiger partial charge is 0.337 e. The van der Waals surface area contributed by atoms with Crippen molar-refractivity contribution in [3.8, 4) is 11.3 Å². The van der Waals surface area contributed by atoms with Crippen molar-refractivity contribution < 1.29 is 4.39 Å². The number of fused-ring (bicyclic) bond motifs is 1. The highest BCUT2D eigenvalue weighted by atomic mass is 19.1. The van der Waals surface area contributed by atoms with E-state index in [1.54, 1.807) is 6.07 Å². The van der Waals surface area contributed by atoms with Crippen molar-refractivity contribution in [2.45, 2.75) is 19.8 Å². The van der Waals surface area contributed by atoms with Gasteiger partial charge in [-0.3, -0.25) is 0 Å². The molecule has 2 aromatic carbocycles. The Bertz CT molecular complexity index is 1070. The topological polar surface area (TPSA) is 43.6 Å². The molecule has 0 N–H and O–H groups in total. The molecule has 0 spiro atoms. The van der Waals surface area contributed by atoms with E-state index in [1.807, 2.05) is 49.0 Å². The first-order valence-electron chi connectivity index (χ1n) is 8.61. The molecule has 0 radical (unpaired) electrons. The third-order valence-corrected chi connectivity index (χ3v) is 4.51. The fraction of sp³-hybridized carbons (Fsp3) is 0.190. The molecule has 0 aliphatic rings. The Kier molecular flexibility index (Phi) is 4.21. The SMILES string of the molecule is Cc1nc(CCc2nc(-c3ccccc3)cn2C)nc2cccc(F)c12. The maximum Gasteiger partial charge on any atom is 0.134 e. The number of benzene rings is 2. The van der Waals surface area contributed by atoms with Crippen LogP contribution in [0.2, 0.25) is 0 Å². The van der Waals surface area contributed by atoms with Crippen LogP contribution < -0.4 is 0 Å². The van der Waals surface area contributed by atoms with Crippen molar-refractivity contribution in [3.05, 3.63) is 77.9 Å². The molecule has 0 amide bonds. The second kappa shape index (κ2) is 6.67. The summed E-state index contributed by atoms with van der Waals surface area (Å²) >= 11 is 0. The van der Waals surface area contributed by atoms with Gasteiger partial charge < -0.3 is 4.57 Å². The second-order valence-corrected chi connectivity index (χ2v) is 6.38. The first kappa shape index (κ1) is 16.4. The number of imidazole rings is 1. The molecule has 0 aliphatic carbocycles. The molecule has 4 nitrogen and oxygen atoms in total. The molecule has 0 fully saturated rings. The molecule has 4 aromatic rings. The lowest BCUT2D eigenvalue weighted by molar-refractivity contribution is 0.637. The Morgan fingerprint density at radius 2 is 1.73 bits per heavy atom. The Balaban J connectivity index is 1.58. The van der Waals surface area contributed by atoms with E-state index in [0.717, 1.165) is 23.5 Å². The van der Waals surface area contributed by atoms with E-state index < -0.39 is 0 Å². The fourth-order valence-corrected chi connectivity index (χ4v) is 3.20. The third-order valence-electron chi connectivity index (χ3n) is 4.51. The molecular formula is C21H19FN4. The molecule has 2 heterocycles. The van der Waals surface area contributed by atoms with Gasteiger partial charge in [0.25, 0.3) is 0 Å². The van der Waals surface area contributed by atoms with E-state index in [2.05, 4.69) is 22.1 Å². The van der Waals surface area contributed by atoms with Crippen LogP contribution in [0.4, 0.5) is 4.39 Å². The minimum atomic E-state index is -0.275. The zero-order valence-corrected chi connectivity index (χ0v) is 14.8. The zero-order valence-electron chi connectivity index (χ0n) is 14.8. The predicted octanol–water partition coefficient (Wildman–Crippen LogP) is 4.26. The Hall–Kier alpha value is -3.08. The number of aromatic nitrogens is 4. The first-order valence-corrected chi connectivity index (χ1v) is 8.61. The predicted molar refractivity (Wildman–Crippen MR) is 100 cm³/mol. The van der Waals surface area contributed by atoms with Crippen LogP contribution in [0.15, 0.2) is 54.7 Å². The second-order valence-electron chi connectivity index (χ2n) is 6.38. The molecule has 0 atom stereocenters. The van der Waals surface area contributed by atoms with Gasteiger partial charge in [0, 0.05) is 31.6 Å². The summed E-state index contributed by atoms with van der Waals surface area (Å²) in [5.41, 5.74) is 3.38. The number of nitrogens with zero attached hydrogens (tertiary/aromatic N) is 4. The van der Waals surface area contributed by atoms with Gasteiger partial charge in [0.05, 0.1) is 22.3 Å². The molecule has 0 aliphatic heterocycles. The van der Waals surface area contributed by atoms with Gasteiger partial charge in [-0.15, -0.1) is 0 Å². The molecule has 2 aromatic heterocycles. The van der Waals surface area contributed by atoms with Crippen LogP contribution in [0.5, 0.6) is 0 Å². The van der Waals surface area contributed by atoms with E-state index >= 15 is 0 Å². The van der Waals surface area contributed by atoms with Gasteiger partial charge in [0.15, 0.2) is 0 Å². The van der Waals surface area contributed by atoms with Gasteiger partial charge in [-0.2, -0.15) is 0 Å².